The van der Waals surface area contributed by atoms with Crippen LogP contribution < -0.4 is 4.74 Å². The van der Waals surface area contributed by atoms with Crippen molar-refractivity contribution in [1.29, 1.82) is 0 Å². The van der Waals surface area contributed by atoms with Gasteiger partial charge in [0, 0.05) is 13.3 Å². The maximum absolute atomic E-state index is 5.73. The average molecular weight is 271 g/mol. The molecule has 3 nitrogen and oxygen atoms in total. The predicted molar refractivity (Wildman–Crippen MR) is 80.1 cm³/mol. The van der Waals surface area contributed by atoms with Gasteiger partial charge in [0.1, 0.15) is 11.5 Å². The van der Waals surface area contributed by atoms with E-state index in [2.05, 4.69) is 29.3 Å². The molecule has 0 saturated carbocycles. The van der Waals surface area contributed by atoms with E-state index in [-0.39, 0.29) is 0 Å². The second-order valence-electron chi connectivity index (χ2n) is 4.75. The van der Waals surface area contributed by atoms with E-state index in [9.17, 15) is 0 Å². The van der Waals surface area contributed by atoms with Crippen LogP contribution in [0.15, 0.2) is 40.8 Å². The Balaban J connectivity index is 1.83. The Morgan fingerprint density at radius 3 is 2.55 bits per heavy atom. The van der Waals surface area contributed by atoms with Crippen LogP contribution in [0, 0.1) is 13.8 Å². The van der Waals surface area contributed by atoms with E-state index in [4.69, 9.17) is 9.15 Å². The van der Waals surface area contributed by atoms with Gasteiger partial charge in [-0.25, -0.2) is 4.98 Å². The zero-order chi connectivity index (χ0) is 14.4. The number of aromatic nitrogens is 1. The van der Waals surface area contributed by atoms with Crippen molar-refractivity contribution in [1.82, 2.24) is 4.98 Å². The van der Waals surface area contributed by atoms with Gasteiger partial charge in [0.2, 0.25) is 0 Å². The Bertz CT molecular complexity index is 567. The first-order valence-corrected chi connectivity index (χ1v) is 6.95. The first-order valence-electron chi connectivity index (χ1n) is 6.95. The van der Waals surface area contributed by atoms with Gasteiger partial charge in [0.05, 0.1) is 12.3 Å². The van der Waals surface area contributed by atoms with Gasteiger partial charge in [-0.3, -0.25) is 0 Å². The van der Waals surface area contributed by atoms with Crippen molar-refractivity contribution in [3.8, 4) is 5.75 Å². The number of hydrogen-bond acceptors (Lipinski definition) is 3. The molecule has 0 unspecified atom stereocenters. The minimum atomic E-state index is 0.612. The molecule has 0 amide bonds. The molecule has 1 aromatic carbocycles. The summed E-state index contributed by atoms with van der Waals surface area (Å²) in [5.41, 5.74) is 2.27. The first kappa shape index (κ1) is 14.4. The summed E-state index contributed by atoms with van der Waals surface area (Å²) in [5, 5.41) is 0. The van der Waals surface area contributed by atoms with E-state index in [1.165, 1.54) is 5.56 Å². The van der Waals surface area contributed by atoms with Crippen LogP contribution in [0.3, 0.4) is 0 Å². The van der Waals surface area contributed by atoms with Crippen LogP contribution in [-0.2, 0) is 12.8 Å². The van der Waals surface area contributed by atoms with Crippen LogP contribution >= 0.6 is 0 Å². The fraction of sp³-hybridized carbons (Fsp3) is 0.353. The Kier molecular flexibility index (Phi) is 4.99. The molecule has 3 heteroatoms. The minimum Gasteiger partial charge on any atom is -0.493 e. The number of allylic oxidation sites excluding steroid dienone is 2. The van der Waals surface area contributed by atoms with Crippen molar-refractivity contribution in [2.45, 2.75) is 33.6 Å². The maximum Gasteiger partial charge on any atom is 0.191 e. The monoisotopic (exact) mass is 271 g/mol. The number of benzene rings is 1. The molecule has 1 aromatic heterocycles. The molecule has 0 bridgehead atoms. The number of rotatable bonds is 6. The SMILES string of the molecule is C/C=C/Cc1ccc(OCCc2nc(C)oc2C)cc1. The lowest BCUT2D eigenvalue weighted by atomic mass is 10.1. The largest absolute Gasteiger partial charge is 0.493 e. The smallest absolute Gasteiger partial charge is 0.191 e. The molecular weight excluding hydrogens is 250 g/mol. The average Bonchev–Trinajstić information content (AvgIpc) is 2.76. The van der Waals surface area contributed by atoms with Crippen LogP contribution in [0.2, 0.25) is 0 Å². The molecule has 0 fully saturated rings. The summed E-state index contributed by atoms with van der Waals surface area (Å²) in [4.78, 5) is 4.33. The Hall–Kier alpha value is -2.03. The summed E-state index contributed by atoms with van der Waals surface area (Å²) in [6.07, 6.45) is 5.94. The summed E-state index contributed by atoms with van der Waals surface area (Å²) in [6, 6.07) is 8.22. The van der Waals surface area contributed by atoms with Gasteiger partial charge < -0.3 is 9.15 Å². The highest BCUT2D eigenvalue weighted by Gasteiger charge is 2.06. The van der Waals surface area contributed by atoms with Gasteiger partial charge in [-0.15, -0.1) is 0 Å². The van der Waals surface area contributed by atoms with Crippen molar-refractivity contribution in [3.63, 3.8) is 0 Å². The lowest BCUT2D eigenvalue weighted by molar-refractivity contribution is 0.320. The van der Waals surface area contributed by atoms with E-state index < -0.39 is 0 Å². The van der Waals surface area contributed by atoms with E-state index in [0.717, 1.165) is 30.0 Å². The fourth-order valence-electron chi connectivity index (χ4n) is 2.05. The highest BCUT2D eigenvalue weighted by Crippen LogP contribution is 2.14. The van der Waals surface area contributed by atoms with Crippen LogP contribution in [0.1, 0.15) is 29.8 Å². The normalized spacial score (nSPS) is 11.2. The Morgan fingerprint density at radius 1 is 1.20 bits per heavy atom. The first-order chi connectivity index (χ1) is 9.69. The van der Waals surface area contributed by atoms with Gasteiger partial charge in [-0.05, 0) is 38.0 Å². The van der Waals surface area contributed by atoms with Crippen molar-refractivity contribution < 1.29 is 9.15 Å². The van der Waals surface area contributed by atoms with Crippen molar-refractivity contribution >= 4 is 0 Å². The van der Waals surface area contributed by atoms with Crippen LogP contribution in [0.25, 0.3) is 0 Å². The number of oxazole rings is 1. The van der Waals surface area contributed by atoms with Gasteiger partial charge in [-0.1, -0.05) is 24.3 Å². The predicted octanol–water partition coefficient (Wildman–Crippen LogP) is 4.03. The maximum atomic E-state index is 5.73. The van der Waals surface area contributed by atoms with Crippen molar-refractivity contribution in [2.24, 2.45) is 0 Å². The zero-order valence-corrected chi connectivity index (χ0v) is 12.3. The molecule has 2 rings (SSSR count). The molecule has 1 heterocycles. The standard InChI is InChI=1S/C17H21NO2/c1-4-5-6-15-7-9-16(10-8-15)19-12-11-17-13(2)20-14(3)18-17/h4-5,7-10H,6,11-12H2,1-3H3/b5-4+. The van der Waals surface area contributed by atoms with E-state index in [1.54, 1.807) is 0 Å². The van der Waals surface area contributed by atoms with Crippen molar-refractivity contribution in [3.05, 3.63) is 59.3 Å². The highest BCUT2D eigenvalue weighted by molar-refractivity contribution is 5.28. The quantitative estimate of drug-likeness (QED) is 0.744. The van der Waals surface area contributed by atoms with Gasteiger partial charge >= 0.3 is 0 Å². The molecule has 106 valence electrons. The number of ether oxygens (including phenoxy) is 1. The van der Waals surface area contributed by atoms with E-state index in [1.807, 2.05) is 32.9 Å². The third-order valence-corrected chi connectivity index (χ3v) is 3.12. The topological polar surface area (TPSA) is 35.3 Å². The summed E-state index contributed by atoms with van der Waals surface area (Å²) in [6.45, 7) is 6.44. The second-order valence-corrected chi connectivity index (χ2v) is 4.75. The summed E-state index contributed by atoms with van der Waals surface area (Å²) >= 11 is 0. The Morgan fingerprint density at radius 2 is 1.95 bits per heavy atom. The molecule has 0 saturated heterocycles. The lowest BCUT2D eigenvalue weighted by Gasteiger charge is -2.06. The third kappa shape index (κ3) is 3.98. The lowest BCUT2D eigenvalue weighted by Crippen LogP contribution is -2.02. The number of nitrogens with zero attached hydrogens (tertiary/aromatic N) is 1. The number of hydrogen-bond donors (Lipinski definition) is 0. The molecule has 0 spiro atoms. The third-order valence-electron chi connectivity index (χ3n) is 3.12. The molecule has 20 heavy (non-hydrogen) atoms. The molecule has 2 aromatic rings. The summed E-state index contributed by atoms with van der Waals surface area (Å²) in [5.74, 6) is 2.49. The molecule has 0 aliphatic heterocycles. The minimum absolute atomic E-state index is 0.612. The molecule has 0 atom stereocenters. The van der Waals surface area contributed by atoms with Gasteiger partial charge in [0.15, 0.2) is 5.89 Å². The number of aryl methyl sites for hydroxylation is 2. The molecule has 0 aliphatic rings. The molecule has 0 N–H and O–H groups in total. The van der Waals surface area contributed by atoms with Gasteiger partial charge in [0.25, 0.3) is 0 Å². The second kappa shape index (κ2) is 6.94. The molecule has 0 radical (unpaired) electrons. The summed E-state index contributed by atoms with van der Waals surface area (Å²) in [7, 11) is 0. The van der Waals surface area contributed by atoms with Crippen LogP contribution in [0.4, 0.5) is 0 Å². The van der Waals surface area contributed by atoms with Crippen LogP contribution in [-0.4, -0.2) is 11.6 Å². The molecule has 0 aliphatic carbocycles. The molecular formula is C17H21NO2. The summed E-state index contributed by atoms with van der Waals surface area (Å²) < 4.78 is 11.1. The zero-order valence-electron chi connectivity index (χ0n) is 12.3. The van der Waals surface area contributed by atoms with E-state index in [0.29, 0.717) is 12.5 Å². The Labute approximate surface area is 120 Å². The van der Waals surface area contributed by atoms with Crippen LogP contribution in [0.5, 0.6) is 5.75 Å². The fourth-order valence-corrected chi connectivity index (χ4v) is 2.05. The van der Waals surface area contributed by atoms with E-state index >= 15 is 0 Å². The highest BCUT2D eigenvalue weighted by atomic mass is 16.5. The van der Waals surface area contributed by atoms with Crippen molar-refractivity contribution in [2.75, 3.05) is 6.61 Å². The van der Waals surface area contributed by atoms with Gasteiger partial charge in [-0.2, -0.15) is 0 Å².